The van der Waals surface area contributed by atoms with Crippen LogP contribution in [0, 0.1) is 0 Å². The molecule has 0 unspecified atom stereocenters. The summed E-state index contributed by atoms with van der Waals surface area (Å²) in [5.74, 6) is 0. The predicted octanol–water partition coefficient (Wildman–Crippen LogP) is -0.566. The van der Waals surface area contributed by atoms with Crippen molar-refractivity contribution in [3.63, 3.8) is 0 Å². The first kappa shape index (κ1) is 7.92. The fourth-order valence-electron chi connectivity index (χ4n) is 0.750. The van der Waals surface area contributed by atoms with Crippen molar-refractivity contribution in [1.82, 2.24) is 5.43 Å². The summed E-state index contributed by atoms with van der Waals surface area (Å²) in [7, 11) is 4.15. The monoisotopic (exact) mass is 117 g/mol. The highest BCUT2D eigenvalue weighted by Crippen LogP contribution is 1.92. The lowest BCUT2D eigenvalue weighted by Crippen LogP contribution is -3.14. The molecular weight excluding hydrogens is 100 g/mol. The Kier molecular flexibility index (Phi) is 2.44. The molecule has 8 heavy (non-hydrogen) atoms. The molecule has 0 aliphatic rings. The molecular formula is C6H17N2+. The molecule has 0 aromatic rings. The van der Waals surface area contributed by atoms with Gasteiger partial charge in [0.1, 0.15) is 0 Å². The zero-order valence-electron chi connectivity index (χ0n) is 6.50. The van der Waals surface area contributed by atoms with Crippen LogP contribution in [0.4, 0.5) is 0 Å². The minimum Gasteiger partial charge on any atom is -0.262 e. The van der Waals surface area contributed by atoms with Crippen LogP contribution < -0.4 is 10.4 Å². The Morgan fingerprint density at radius 1 is 1.12 bits per heavy atom. The van der Waals surface area contributed by atoms with Gasteiger partial charge < -0.3 is 0 Å². The second-order valence-electron chi connectivity index (χ2n) is 3.38. The lowest BCUT2D eigenvalue weighted by molar-refractivity contribution is -0.912. The standard InChI is InChI=1S/C6H16N2/c1-6(2,3)7-8(4)5/h7H,1-5H3/p+1. The third kappa shape index (κ3) is 5.92. The van der Waals surface area contributed by atoms with Crippen molar-refractivity contribution < 1.29 is 5.01 Å². The summed E-state index contributed by atoms with van der Waals surface area (Å²) in [6, 6.07) is 0. The van der Waals surface area contributed by atoms with Gasteiger partial charge in [0.25, 0.3) is 0 Å². The first-order valence-electron chi connectivity index (χ1n) is 3.00. The van der Waals surface area contributed by atoms with Crippen LogP contribution in [0.15, 0.2) is 0 Å². The van der Waals surface area contributed by atoms with E-state index in [0.717, 1.165) is 0 Å². The largest absolute Gasteiger partial charge is 0.262 e. The first-order chi connectivity index (χ1) is 3.42. The van der Waals surface area contributed by atoms with E-state index in [2.05, 4.69) is 40.3 Å². The molecule has 0 aromatic heterocycles. The summed E-state index contributed by atoms with van der Waals surface area (Å²) in [6.07, 6.45) is 0. The molecule has 0 atom stereocenters. The molecule has 0 heterocycles. The molecule has 0 radical (unpaired) electrons. The Morgan fingerprint density at radius 2 is 1.50 bits per heavy atom. The number of quaternary nitrogens is 1. The maximum absolute atomic E-state index is 3.30. The number of rotatable bonds is 1. The molecule has 0 saturated heterocycles. The van der Waals surface area contributed by atoms with Crippen LogP contribution in [-0.2, 0) is 0 Å². The quantitative estimate of drug-likeness (QED) is 0.440. The highest BCUT2D eigenvalue weighted by molar-refractivity contribution is 4.62. The van der Waals surface area contributed by atoms with Crippen molar-refractivity contribution in [3.8, 4) is 0 Å². The number of nitrogens with one attached hydrogen (secondary N) is 2. The molecule has 0 spiro atoms. The Bertz CT molecular complexity index is 61.4. The molecule has 0 saturated carbocycles. The van der Waals surface area contributed by atoms with Gasteiger partial charge >= 0.3 is 0 Å². The lowest BCUT2D eigenvalue weighted by Gasteiger charge is -2.21. The maximum Gasteiger partial charge on any atom is 0.0839 e. The van der Waals surface area contributed by atoms with Crippen LogP contribution >= 0.6 is 0 Å². The van der Waals surface area contributed by atoms with Gasteiger partial charge in [-0.3, -0.25) is 5.01 Å². The van der Waals surface area contributed by atoms with E-state index in [-0.39, 0.29) is 5.54 Å². The topological polar surface area (TPSA) is 16.5 Å². The fourth-order valence-corrected chi connectivity index (χ4v) is 0.750. The van der Waals surface area contributed by atoms with Crippen LogP contribution in [0.5, 0.6) is 0 Å². The molecule has 0 fully saturated rings. The van der Waals surface area contributed by atoms with E-state index in [4.69, 9.17) is 0 Å². The van der Waals surface area contributed by atoms with E-state index >= 15 is 0 Å². The first-order valence-corrected chi connectivity index (χ1v) is 3.00. The lowest BCUT2D eigenvalue weighted by atomic mass is 10.1. The van der Waals surface area contributed by atoms with Crippen molar-refractivity contribution in [2.75, 3.05) is 14.1 Å². The number of hydrogen-bond donors (Lipinski definition) is 2. The highest BCUT2D eigenvalue weighted by atomic mass is 15.5. The summed E-state index contributed by atoms with van der Waals surface area (Å²) in [5, 5.41) is 1.28. The SMILES string of the molecule is C[NH+](C)NC(C)(C)C. The van der Waals surface area contributed by atoms with Gasteiger partial charge in [0, 0.05) is 0 Å². The fraction of sp³-hybridized carbons (Fsp3) is 1.00. The summed E-state index contributed by atoms with van der Waals surface area (Å²) >= 11 is 0. The normalized spacial score (nSPS) is 12.8. The van der Waals surface area contributed by atoms with Gasteiger partial charge in [-0.15, -0.1) is 0 Å². The van der Waals surface area contributed by atoms with E-state index < -0.39 is 0 Å². The van der Waals surface area contributed by atoms with Gasteiger partial charge in [-0.05, 0) is 20.8 Å². The molecule has 2 nitrogen and oxygen atoms in total. The van der Waals surface area contributed by atoms with Gasteiger partial charge in [0.05, 0.1) is 19.6 Å². The van der Waals surface area contributed by atoms with Crippen molar-refractivity contribution >= 4 is 0 Å². The molecule has 0 aliphatic heterocycles. The molecule has 0 bridgehead atoms. The zero-order valence-corrected chi connectivity index (χ0v) is 6.50. The van der Waals surface area contributed by atoms with Crippen LogP contribution in [0.25, 0.3) is 0 Å². The van der Waals surface area contributed by atoms with Gasteiger partial charge in [-0.2, -0.15) is 5.43 Å². The van der Waals surface area contributed by atoms with E-state index in [1.54, 1.807) is 0 Å². The summed E-state index contributed by atoms with van der Waals surface area (Å²) < 4.78 is 0. The Labute approximate surface area is 51.8 Å². The van der Waals surface area contributed by atoms with E-state index in [1.165, 1.54) is 5.01 Å². The summed E-state index contributed by atoms with van der Waals surface area (Å²) in [4.78, 5) is 0. The average molecular weight is 117 g/mol. The van der Waals surface area contributed by atoms with Crippen molar-refractivity contribution in [2.45, 2.75) is 26.3 Å². The average Bonchev–Trinajstić information content (AvgIpc) is 1.21. The Morgan fingerprint density at radius 3 is 1.50 bits per heavy atom. The minimum atomic E-state index is 0.235. The van der Waals surface area contributed by atoms with E-state index in [9.17, 15) is 0 Å². The Hall–Kier alpha value is -0.0800. The second kappa shape index (κ2) is 2.46. The molecule has 0 aromatic carbocycles. The van der Waals surface area contributed by atoms with E-state index in [1.807, 2.05) is 0 Å². The predicted molar refractivity (Wildman–Crippen MR) is 35.7 cm³/mol. The molecule has 50 valence electrons. The smallest absolute Gasteiger partial charge is 0.0839 e. The van der Waals surface area contributed by atoms with Crippen molar-refractivity contribution in [2.24, 2.45) is 0 Å². The molecule has 0 amide bonds. The third-order valence-corrected chi connectivity index (χ3v) is 0.625. The molecule has 0 aliphatic carbocycles. The van der Waals surface area contributed by atoms with Crippen LogP contribution in [-0.4, -0.2) is 19.6 Å². The van der Waals surface area contributed by atoms with Crippen molar-refractivity contribution in [3.05, 3.63) is 0 Å². The Balaban J connectivity index is 3.39. The van der Waals surface area contributed by atoms with Gasteiger partial charge in [-0.1, -0.05) is 0 Å². The maximum atomic E-state index is 3.30. The number of hydrogen-bond acceptors (Lipinski definition) is 1. The minimum absolute atomic E-state index is 0.235. The van der Waals surface area contributed by atoms with E-state index in [0.29, 0.717) is 0 Å². The van der Waals surface area contributed by atoms with Crippen LogP contribution in [0.2, 0.25) is 0 Å². The summed E-state index contributed by atoms with van der Waals surface area (Å²) in [6.45, 7) is 6.46. The van der Waals surface area contributed by atoms with Gasteiger partial charge in [-0.25, -0.2) is 0 Å². The zero-order chi connectivity index (χ0) is 6.78. The van der Waals surface area contributed by atoms with Gasteiger partial charge in [0.2, 0.25) is 0 Å². The summed E-state index contributed by atoms with van der Waals surface area (Å²) in [5.41, 5.74) is 3.53. The highest BCUT2D eigenvalue weighted by Gasteiger charge is 2.11. The molecule has 2 heteroatoms. The van der Waals surface area contributed by atoms with Crippen molar-refractivity contribution in [1.29, 1.82) is 0 Å². The second-order valence-corrected chi connectivity index (χ2v) is 3.38. The van der Waals surface area contributed by atoms with Crippen LogP contribution in [0.1, 0.15) is 20.8 Å². The van der Waals surface area contributed by atoms with Crippen LogP contribution in [0.3, 0.4) is 0 Å². The third-order valence-electron chi connectivity index (χ3n) is 0.625. The van der Waals surface area contributed by atoms with Gasteiger partial charge in [0.15, 0.2) is 0 Å². The molecule has 2 N–H and O–H groups in total. The molecule has 0 rings (SSSR count).